The number of hydrogen-bond acceptors (Lipinski definition) is 10. The van der Waals surface area contributed by atoms with Crippen molar-refractivity contribution in [2.45, 2.75) is 11.8 Å². The van der Waals surface area contributed by atoms with Gasteiger partial charge < -0.3 is 0 Å². The molecule has 4 rings (SSSR count). The predicted octanol–water partition coefficient (Wildman–Crippen LogP) is 5.60. The molecule has 0 saturated heterocycles. The van der Waals surface area contributed by atoms with E-state index in [9.17, 15) is 47.4 Å². The summed E-state index contributed by atoms with van der Waals surface area (Å²) in [6, 6.07) is 9.93. The first-order chi connectivity index (χ1) is 18.8. The summed E-state index contributed by atoms with van der Waals surface area (Å²) in [6.07, 6.45) is 0. The normalized spacial score (nSPS) is 11.6. The molecule has 0 aliphatic carbocycles. The maximum absolute atomic E-state index is 14.5. The molecule has 0 bridgehead atoms. The molecule has 4 aromatic rings. The maximum atomic E-state index is 14.5. The quantitative estimate of drug-likeness (QED) is 0.143. The van der Waals surface area contributed by atoms with E-state index in [-0.39, 0.29) is 22.8 Å². The number of aromatic nitrogens is 2. The highest BCUT2D eigenvalue weighted by Crippen LogP contribution is 2.38. The highest BCUT2D eigenvalue weighted by Gasteiger charge is 2.67. The van der Waals surface area contributed by atoms with Gasteiger partial charge in [0.15, 0.2) is 10.3 Å². The number of amides is 2. The molecule has 0 saturated carbocycles. The van der Waals surface area contributed by atoms with E-state index in [1.807, 2.05) is 0 Å². The summed E-state index contributed by atoms with van der Waals surface area (Å²) in [7, 11) is 0. The fourth-order valence-electron chi connectivity index (χ4n) is 3.07. The largest absolute Gasteiger partial charge is 0.396 e. The number of non-ortho nitro benzene ring substituents is 2. The van der Waals surface area contributed by atoms with Crippen LogP contribution in [0, 0.1) is 20.2 Å². The van der Waals surface area contributed by atoms with Crippen LogP contribution in [-0.4, -0.2) is 43.5 Å². The van der Waals surface area contributed by atoms with Gasteiger partial charge in [-0.1, -0.05) is 0 Å². The first-order valence-electron chi connectivity index (χ1n) is 10.6. The number of nitro benzene ring substituents is 2. The highest BCUT2D eigenvalue weighted by molar-refractivity contribution is 7.14. The van der Waals surface area contributed by atoms with Gasteiger partial charge in [-0.25, -0.2) is 9.97 Å². The lowest BCUT2D eigenvalue weighted by atomic mass is 10.1. The Hall–Kier alpha value is -4.84. The average molecular weight is 597 g/mol. The molecule has 12 nitrogen and oxygen atoms in total. The highest BCUT2D eigenvalue weighted by atomic mass is 32.1. The lowest BCUT2D eigenvalue weighted by molar-refractivity contribution is -0.385. The maximum Gasteiger partial charge on any atom is 0.396 e. The molecule has 2 amide bonds. The van der Waals surface area contributed by atoms with E-state index in [4.69, 9.17) is 0 Å². The number of benzene rings is 2. The van der Waals surface area contributed by atoms with Gasteiger partial charge >= 0.3 is 23.7 Å². The fourth-order valence-corrected chi connectivity index (χ4v) is 4.50. The van der Waals surface area contributed by atoms with Crippen molar-refractivity contribution in [3.05, 3.63) is 79.5 Å². The summed E-state index contributed by atoms with van der Waals surface area (Å²) in [6.45, 7) is 0. The van der Waals surface area contributed by atoms with E-state index in [1.54, 1.807) is 10.6 Å². The third-order valence-electron chi connectivity index (χ3n) is 5.16. The lowest BCUT2D eigenvalue weighted by Gasteiger charge is -2.23. The number of nitrogens with zero attached hydrogens (tertiary/aromatic N) is 4. The van der Waals surface area contributed by atoms with Crippen LogP contribution in [0.1, 0.15) is 0 Å². The van der Waals surface area contributed by atoms with Crippen molar-refractivity contribution in [1.29, 1.82) is 0 Å². The van der Waals surface area contributed by atoms with Crippen LogP contribution < -0.4 is 10.6 Å². The van der Waals surface area contributed by atoms with Crippen LogP contribution in [0.4, 0.5) is 39.2 Å². The number of nitro groups is 2. The second-order valence-electron chi connectivity index (χ2n) is 7.74. The Labute approximate surface area is 227 Å². The van der Waals surface area contributed by atoms with Gasteiger partial charge in [0.25, 0.3) is 11.4 Å². The number of carbonyl (C=O) groups excluding carboxylic acids is 2. The number of nitrogens with one attached hydrogen (secondary N) is 2. The summed E-state index contributed by atoms with van der Waals surface area (Å²) >= 11 is 1.25. The third kappa shape index (κ3) is 5.61. The Morgan fingerprint density at radius 3 is 1.30 bits per heavy atom. The molecule has 18 heteroatoms. The first kappa shape index (κ1) is 28.2. The van der Waals surface area contributed by atoms with Crippen LogP contribution in [-0.2, 0) is 9.59 Å². The number of carbonyl (C=O) groups is 2. The molecule has 0 atom stereocenters. The first-order valence-corrected chi connectivity index (χ1v) is 12.3. The van der Waals surface area contributed by atoms with E-state index in [2.05, 4.69) is 9.97 Å². The molecule has 0 fully saturated rings. The van der Waals surface area contributed by atoms with Crippen molar-refractivity contribution >= 4 is 56.1 Å². The van der Waals surface area contributed by atoms with Crippen LogP contribution in [0.2, 0.25) is 0 Å². The van der Waals surface area contributed by atoms with E-state index < -0.39 is 43.8 Å². The SMILES string of the molecule is O=C(Nc1nc(-c2ccc([N+](=O)[O-])cc2)cs1)C(F)(F)C(F)(F)C(=O)Nc1nc(-c2ccc([N+](=O)[O-])cc2)cs1. The Kier molecular flexibility index (Phi) is 7.56. The van der Waals surface area contributed by atoms with Gasteiger partial charge in [0.2, 0.25) is 0 Å². The molecular weight excluding hydrogens is 584 g/mol. The van der Waals surface area contributed by atoms with Crippen LogP contribution >= 0.6 is 22.7 Å². The van der Waals surface area contributed by atoms with E-state index >= 15 is 0 Å². The van der Waals surface area contributed by atoms with Crippen LogP contribution in [0.5, 0.6) is 0 Å². The molecular formula is C22H12F4N6O6S2. The standard InChI is InChI=1S/C22H12F4N6O6S2/c23-21(24,17(33)29-19-27-15(9-39-19)11-1-5-13(6-2-11)31(35)36)22(25,26)18(34)30-20-28-16(10-40-20)12-3-7-14(8-4-12)32(37)38/h1-10H,(H,27,29,33)(H,28,30,34). The molecule has 2 N–H and O–H groups in total. The average Bonchev–Trinajstić information content (AvgIpc) is 3.58. The zero-order chi connectivity index (χ0) is 29.2. The molecule has 2 heterocycles. The number of alkyl halides is 4. The molecule has 2 aromatic heterocycles. The Morgan fingerprint density at radius 2 is 1.00 bits per heavy atom. The Morgan fingerprint density at radius 1 is 0.675 bits per heavy atom. The topological polar surface area (TPSA) is 170 Å². The van der Waals surface area contributed by atoms with Gasteiger partial charge in [-0.2, -0.15) is 17.6 Å². The molecule has 2 aromatic carbocycles. The van der Waals surface area contributed by atoms with Gasteiger partial charge in [0.05, 0.1) is 21.2 Å². The lowest BCUT2D eigenvalue weighted by Crippen LogP contribution is -2.56. The van der Waals surface area contributed by atoms with Gasteiger partial charge in [-0.15, -0.1) is 22.7 Å². The van der Waals surface area contributed by atoms with Crippen molar-refractivity contribution in [3.63, 3.8) is 0 Å². The predicted molar refractivity (Wildman–Crippen MR) is 136 cm³/mol. The summed E-state index contributed by atoms with van der Waals surface area (Å²) in [4.78, 5) is 52.1. The number of anilines is 2. The summed E-state index contributed by atoms with van der Waals surface area (Å²) in [5.74, 6) is -16.0. The summed E-state index contributed by atoms with van der Waals surface area (Å²) in [5, 5.41) is 26.2. The van der Waals surface area contributed by atoms with Crippen molar-refractivity contribution in [2.24, 2.45) is 0 Å². The number of halogens is 4. The number of thiazole rings is 2. The van der Waals surface area contributed by atoms with Gasteiger partial charge in [0, 0.05) is 46.2 Å². The summed E-state index contributed by atoms with van der Waals surface area (Å²) in [5.41, 5.74) is 0.470. The molecule has 0 aliphatic rings. The van der Waals surface area contributed by atoms with Crippen molar-refractivity contribution in [2.75, 3.05) is 10.6 Å². The van der Waals surface area contributed by atoms with Crippen LogP contribution in [0.25, 0.3) is 22.5 Å². The van der Waals surface area contributed by atoms with Crippen molar-refractivity contribution in [3.8, 4) is 22.5 Å². The van der Waals surface area contributed by atoms with Crippen LogP contribution in [0.15, 0.2) is 59.3 Å². The number of rotatable bonds is 9. The van der Waals surface area contributed by atoms with E-state index in [0.29, 0.717) is 33.8 Å². The van der Waals surface area contributed by atoms with Crippen LogP contribution in [0.3, 0.4) is 0 Å². The molecule has 0 spiro atoms. The zero-order valence-corrected chi connectivity index (χ0v) is 21.0. The zero-order valence-electron chi connectivity index (χ0n) is 19.3. The minimum atomic E-state index is -5.51. The Balaban J connectivity index is 1.43. The second kappa shape index (κ2) is 10.7. The molecule has 206 valence electrons. The fraction of sp³-hybridized carbons (Fsp3) is 0.0909. The van der Waals surface area contributed by atoms with Gasteiger partial charge in [-0.3, -0.25) is 40.5 Å². The molecule has 0 radical (unpaired) electrons. The summed E-state index contributed by atoms with van der Waals surface area (Å²) < 4.78 is 57.9. The van der Waals surface area contributed by atoms with Crippen molar-refractivity contribution in [1.82, 2.24) is 9.97 Å². The van der Waals surface area contributed by atoms with E-state index in [0.717, 1.165) is 24.3 Å². The molecule has 40 heavy (non-hydrogen) atoms. The smallest absolute Gasteiger partial charge is 0.296 e. The van der Waals surface area contributed by atoms with Gasteiger partial charge in [-0.05, 0) is 24.3 Å². The minimum absolute atomic E-state index is 0.121. The third-order valence-corrected chi connectivity index (χ3v) is 6.68. The van der Waals surface area contributed by atoms with Crippen molar-refractivity contribution < 1.29 is 37.0 Å². The monoisotopic (exact) mass is 596 g/mol. The Bertz CT molecular complexity index is 1490. The second-order valence-corrected chi connectivity index (χ2v) is 9.46. The van der Waals surface area contributed by atoms with E-state index in [1.165, 1.54) is 35.0 Å². The molecule has 0 unspecified atom stereocenters. The number of hydrogen-bond donors (Lipinski definition) is 2. The van der Waals surface area contributed by atoms with Gasteiger partial charge in [0.1, 0.15) is 0 Å². The minimum Gasteiger partial charge on any atom is -0.296 e. The molecule has 0 aliphatic heterocycles.